The van der Waals surface area contributed by atoms with Gasteiger partial charge in [-0.1, -0.05) is 97.1 Å². The second kappa shape index (κ2) is 10.5. The highest BCUT2D eigenvalue weighted by molar-refractivity contribution is 7.17. The lowest BCUT2D eigenvalue weighted by Gasteiger charge is -2.19. The molecule has 0 saturated carbocycles. The number of fused-ring (bicyclic) bond motifs is 2. The highest BCUT2D eigenvalue weighted by atomic mass is 32.1. The van der Waals surface area contributed by atoms with Gasteiger partial charge in [0.1, 0.15) is 5.82 Å². The van der Waals surface area contributed by atoms with Gasteiger partial charge >= 0.3 is 0 Å². The second-order valence-electron chi connectivity index (χ2n) is 10.7. The number of nitrogens with zero attached hydrogens (tertiary/aromatic N) is 3. The highest BCUT2D eigenvalue weighted by Crippen LogP contribution is 2.43. The largest absolute Gasteiger partial charge is 0.291 e. The third-order valence-electron chi connectivity index (χ3n) is 8.03. The van der Waals surface area contributed by atoms with E-state index in [1.165, 1.54) is 43.5 Å². The smallest absolute Gasteiger partial charge is 0.147 e. The van der Waals surface area contributed by atoms with Crippen LogP contribution in [0, 0.1) is 6.92 Å². The number of hydrogen-bond donors (Lipinski definition) is 0. The molecule has 0 amide bonds. The van der Waals surface area contributed by atoms with E-state index in [0.29, 0.717) is 0 Å². The fraction of sp³-hybridized carbons (Fsp3) is 0.0256. The Morgan fingerprint density at radius 3 is 1.98 bits per heavy atom. The summed E-state index contributed by atoms with van der Waals surface area (Å²) in [7, 11) is 0. The highest BCUT2D eigenvalue weighted by Gasteiger charge is 2.23. The van der Waals surface area contributed by atoms with Gasteiger partial charge in [0.2, 0.25) is 0 Å². The lowest BCUT2D eigenvalue weighted by molar-refractivity contribution is 1.11. The Bertz CT molecular complexity index is 2190. The van der Waals surface area contributed by atoms with Crippen molar-refractivity contribution >= 4 is 32.5 Å². The van der Waals surface area contributed by atoms with Crippen LogP contribution >= 0.6 is 11.3 Å². The molecule has 5 aromatic carbocycles. The number of aromatic nitrogens is 3. The van der Waals surface area contributed by atoms with Gasteiger partial charge in [-0.15, -0.1) is 11.3 Å². The fourth-order valence-corrected chi connectivity index (χ4v) is 6.95. The molecule has 0 bridgehead atoms. The summed E-state index contributed by atoms with van der Waals surface area (Å²) in [6, 6.07) is 47.4. The van der Waals surface area contributed by atoms with Gasteiger partial charge in [-0.05, 0) is 65.6 Å². The molecule has 8 aromatic rings. The first-order valence-electron chi connectivity index (χ1n) is 14.4. The first kappa shape index (κ1) is 25.4. The summed E-state index contributed by atoms with van der Waals surface area (Å²) in [6.07, 6.45) is 1.88. The summed E-state index contributed by atoms with van der Waals surface area (Å²) in [5, 5.41) is 3.46. The Labute approximate surface area is 254 Å². The van der Waals surface area contributed by atoms with E-state index in [-0.39, 0.29) is 0 Å². The number of imidazole rings is 1. The normalized spacial score (nSPS) is 11.4. The number of para-hydroxylation sites is 3. The molecule has 0 aliphatic carbocycles. The summed E-state index contributed by atoms with van der Waals surface area (Å²) < 4.78 is 3.62. The Balaban J connectivity index is 1.45. The number of benzene rings is 5. The molecule has 0 spiro atoms. The fourth-order valence-electron chi connectivity index (χ4n) is 6.03. The number of aryl methyl sites for hydroxylation is 1. The molecule has 0 atom stereocenters. The molecule has 0 N–H and O–H groups in total. The average Bonchev–Trinajstić information content (AvgIpc) is 3.66. The second-order valence-corrected chi connectivity index (χ2v) is 11.7. The maximum absolute atomic E-state index is 5.33. The van der Waals surface area contributed by atoms with Crippen molar-refractivity contribution < 1.29 is 0 Å². The molecule has 8 rings (SSSR count). The van der Waals surface area contributed by atoms with Gasteiger partial charge in [-0.3, -0.25) is 9.55 Å². The molecule has 4 heteroatoms. The van der Waals surface area contributed by atoms with E-state index in [1.807, 2.05) is 13.1 Å². The van der Waals surface area contributed by atoms with Crippen molar-refractivity contribution in [1.82, 2.24) is 14.5 Å². The molecule has 3 nitrogen and oxygen atoms in total. The van der Waals surface area contributed by atoms with E-state index < -0.39 is 0 Å². The van der Waals surface area contributed by atoms with Crippen molar-refractivity contribution in [3.63, 3.8) is 0 Å². The number of hydrogen-bond acceptors (Lipinski definition) is 3. The van der Waals surface area contributed by atoms with Crippen LogP contribution in [0.15, 0.2) is 145 Å². The van der Waals surface area contributed by atoms with Crippen molar-refractivity contribution in [2.75, 3.05) is 0 Å². The summed E-state index contributed by atoms with van der Waals surface area (Å²) in [5.41, 5.74) is 12.3. The molecule has 0 aliphatic rings. The van der Waals surface area contributed by atoms with Crippen LogP contribution in [-0.2, 0) is 0 Å². The Morgan fingerprint density at radius 1 is 0.581 bits per heavy atom. The van der Waals surface area contributed by atoms with E-state index in [1.54, 1.807) is 11.3 Å². The van der Waals surface area contributed by atoms with E-state index in [2.05, 4.69) is 148 Å². The van der Waals surface area contributed by atoms with E-state index in [9.17, 15) is 0 Å². The third kappa shape index (κ3) is 4.44. The first-order valence-corrected chi connectivity index (χ1v) is 15.3. The minimum absolute atomic E-state index is 0.941. The zero-order valence-corrected chi connectivity index (χ0v) is 24.4. The van der Waals surface area contributed by atoms with E-state index in [0.717, 1.165) is 33.8 Å². The first-order chi connectivity index (χ1) is 21.2. The van der Waals surface area contributed by atoms with Crippen LogP contribution in [0.2, 0.25) is 0 Å². The Hall–Kier alpha value is -5.32. The molecule has 3 aromatic heterocycles. The van der Waals surface area contributed by atoms with Crippen LogP contribution in [0.1, 0.15) is 5.69 Å². The van der Waals surface area contributed by atoms with Gasteiger partial charge in [0.25, 0.3) is 0 Å². The summed E-state index contributed by atoms with van der Waals surface area (Å²) in [5.74, 6) is 0.941. The maximum atomic E-state index is 5.33. The maximum Gasteiger partial charge on any atom is 0.147 e. The lowest BCUT2D eigenvalue weighted by atomic mass is 9.95. The summed E-state index contributed by atoms with van der Waals surface area (Å²) >= 11 is 1.77. The molecular formula is C39H27N3S. The predicted molar refractivity (Wildman–Crippen MR) is 181 cm³/mol. The van der Waals surface area contributed by atoms with Crippen molar-refractivity contribution in [2.24, 2.45) is 0 Å². The van der Waals surface area contributed by atoms with Gasteiger partial charge < -0.3 is 0 Å². The minimum Gasteiger partial charge on any atom is -0.291 e. The minimum atomic E-state index is 0.941. The summed E-state index contributed by atoms with van der Waals surface area (Å²) in [6.45, 7) is 2.04. The average molecular weight is 570 g/mol. The van der Waals surface area contributed by atoms with Crippen LogP contribution < -0.4 is 0 Å². The van der Waals surface area contributed by atoms with Gasteiger partial charge in [-0.2, -0.15) is 0 Å². The number of rotatable bonds is 5. The molecule has 43 heavy (non-hydrogen) atoms. The standard InChI is InChI=1S/C39H27N3S/c1-26-23-30(21-22-40-26)29-19-20-37-33(24-29)34(25-43-37)39-41-35-17-8-9-18-36(35)42(39)38-31(27-11-4-2-5-12-27)15-10-16-32(38)28-13-6-3-7-14-28/h2-25H,1H3. The van der Waals surface area contributed by atoms with E-state index >= 15 is 0 Å². The van der Waals surface area contributed by atoms with Crippen LogP contribution in [0.3, 0.4) is 0 Å². The molecular weight excluding hydrogens is 543 g/mol. The van der Waals surface area contributed by atoms with Crippen molar-refractivity contribution in [2.45, 2.75) is 6.92 Å². The lowest BCUT2D eigenvalue weighted by Crippen LogP contribution is -2.03. The quantitative estimate of drug-likeness (QED) is 0.206. The zero-order valence-electron chi connectivity index (χ0n) is 23.6. The SMILES string of the molecule is Cc1cc(-c2ccc3scc(-c4nc5ccccc5n4-c4c(-c5ccccc5)cccc4-c4ccccc4)c3c2)ccn1. The molecule has 0 saturated heterocycles. The van der Waals surface area contributed by atoms with Gasteiger partial charge in [0.15, 0.2) is 0 Å². The molecule has 204 valence electrons. The number of pyridine rings is 1. The van der Waals surface area contributed by atoms with Crippen molar-refractivity contribution in [1.29, 1.82) is 0 Å². The molecule has 3 heterocycles. The molecule has 0 unspecified atom stereocenters. The summed E-state index contributed by atoms with van der Waals surface area (Å²) in [4.78, 5) is 9.73. The van der Waals surface area contributed by atoms with Gasteiger partial charge in [0.05, 0.1) is 16.7 Å². The van der Waals surface area contributed by atoms with Crippen molar-refractivity contribution in [3.05, 3.63) is 151 Å². The van der Waals surface area contributed by atoms with Crippen LogP contribution in [-0.4, -0.2) is 14.5 Å². The monoisotopic (exact) mass is 569 g/mol. The van der Waals surface area contributed by atoms with Gasteiger partial charge in [-0.25, -0.2) is 4.98 Å². The Morgan fingerprint density at radius 2 is 1.26 bits per heavy atom. The van der Waals surface area contributed by atoms with Crippen LogP contribution in [0.5, 0.6) is 0 Å². The number of thiophene rings is 1. The van der Waals surface area contributed by atoms with Gasteiger partial charge in [0, 0.05) is 44.0 Å². The van der Waals surface area contributed by atoms with Crippen molar-refractivity contribution in [3.8, 4) is 50.5 Å². The topological polar surface area (TPSA) is 30.7 Å². The van der Waals surface area contributed by atoms with Crippen LogP contribution in [0.4, 0.5) is 0 Å². The van der Waals surface area contributed by atoms with E-state index in [4.69, 9.17) is 4.98 Å². The Kier molecular flexibility index (Phi) is 6.20. The zero-order chi connectivity index (χ0) is 28.8. The molecule has 0 aliphatic heterocycles. The molecule has 0 radical (unpaired) electrons. The van der Waals surface area contributed by atoms with Crippen LogP contribution in [0.25, 0.3) is 71.6 Å². The molecule has 0 fully saturated rings. The predicted octanol–water partition coefficient (Wildman–Crippen LogP) is 10.6. The third-order valence-corrected chi connectivity index (χ3v) is 9.00.